The number of nitrogens with zero attached hydrogens (tertiary/aromatic N) is 3. The van der Waals surface area contributed by atoms with Gasteiger partial charge in [0.1, 0.15) is 5.69 Å². The maximum Gasteiger partial charge on any atom is 0.433 e. The number of pyridine rings is 1. The molecular formula is C18H22F3N3O2S. The maximum atomic E-state index is 12.6. The highest BCUT2D eigenvalue weighted by Gasteiger charge is 2.61. The van der Waals surface area contributed by atoms with Gasteiger partial charge in [-0.2, -0.15) is 13.2 Å². The largest absolute Gasteiger partial charge is 0.433 e. The van der Waals surface area contributed by atoms with Gasteiger partial charge in [0.25, 0.3) is 0 Å². The number of hydrogen-bond donors (Lipinski definition) is 0. The summed E-state index contributed by atoms with van der Waals surface area (Å²) >= 11 is 0. The first-order chi connectivity index (χ1) is 12.6. The van der Waals surface area contributed by atoms with Crippen molar-refractivity contribution in [1.29, 1.82) is 0 Å². The molecule has 1 aromatic heterocycles. The fourth-order valence-electron chi connectivity index (χ4n) is 5.54. The molecule has 2 spiro atoms. The van der Waals surface area contributed by atoms with Crippen molar-refractivity contribution in [3.63, 3.8) is 0 Å². The summed E-state index contributed by atoms with van der Waals surface area (Å²) in [7, 11) is -2.76. The Morgan fingerprint density at radius 2 is 1.63 bits per heavy atom. The maximum absolute atomic E-state index is 12.6. The van der Waals surface area contributed by atoms with Crippen molar-refractivity contribution in [3.05, 3.63) is 29.6 Å². The SMILES string of the molecule is O=S1(=O)CC2(CN(N3CC4(CC(Cc5ccc(C(F)(F)F)nc5)C4)C3)C2)C1. The second-order valence-corrected chi connectivity index (χ2v) is 11.3. The van der Waals surface area contributed by atoms with Crippen molar-refractivity contribution in [1.82, 2.24) is 15.0 Å². The molecule has 0 N–H and O–H groups in total. The van der Waals surface area contributed by atoms with E-state index in [4.69, 9.17) is 0 Å². The number of rotatable bonds is 3. The van der Waals surface area contributed by atoms with Crippen molar-refractivity contribution in [2.75, 3.05) is 37.7 Å². The van der Waals surface area contributed by atoms with Crippen molar-refractivity contribution in [2.45, 2.75) is 25.4 Å². The van der Waals surface area contributed by atoms with Crippen LogP contribution in [-0.2, 0) is 22.4 Å². The number of alkyl halides is 3. The molecular weight excluding hydrogens is 379 g/mol. The van der Waals surface area contributed by atoms with Crippen molar-refractivity contribution in [2.24, 2.45) is 16.7 Å². The van der Waals surface area contributed by atoms with E-state index in [1.165, 1.54) is 6.20 Å². The van der Waals surface area contributed by atoms with Gasteiger partial charge in [0.15, 0.2) is 9.84 Å². The monoisotopic (exact) mass is 401 g/mol. The Labute approximate surface area is 156 Å². The van der Waals surface area contributed by atoms with Gasteiger partial charge in [-0.05, 0) is 42.2 Å². The lowest BCUT2D eigenvalue weighted by molar-refractivity contribution is -0.242. The Morgan fingerprint density at radius 3 is 2.11 bits per heavy atom. The topological polar surface area (TPSA) is 53.5 Å². The second-order valence-electron chi connectivity index (χ2n) is 9.21. The van der Waals surface area contributed by atoms with Gasteiger partial charge >= 0.3 is 6.18 Å². The number of hydrogen-bond acceptors (Lipinski definition) is 5. The van der Waals surface area contributed by atoms with E-state index in [0.717, 1.165) is 57.1 Å². The summed E-state index contributed by atoms with van der Waals surface area (Å²) in [5.41, 5.74) is 0.421. The third-order valence-corrected chi connectivity index (χ3v) is 8.71. The molecule has 0 bridgehead atoms. The van der Waals surface area contributed by atoms with E-state index in [1.807, 2.05) is 0 Å². The molecule has 5 rings (SSSR count). The number of hydrazine groups is 1. The highest BCUT2D eigenvalue weighted by molar-refractivity contribution is 7.92. The quantitative estimate of drug-likeness (QED) is 0.776. The summed E-state index contributed by atoms with van der Waals surface area (Å²) in [4.78, 5) is 3.54. The van der Waals surface area contributed by atoms with Gasteiger partial charge in [-0.3, -0.25) is 4.98 Å². The Morgan fingerprint density at radius 1 is 1.04 bits per heavy atom. The second kappa shape index (κ2) is 5.45. The first-order valence-corrected chi connectivity index (χ1v) is 11.1. The highest BCUT2D eigenvalue weighted by atomic mass is 32.2. The zero-order chi connectivity index (χ0) is 19.1. The summed E-state index contributed by atoms with van der Waals surface area (Å²) in [5, 5.41) is 4.62. The molecule has 27 heavy (non-hydrogen) atoms. The van der Waals surface area contributed by atoms with E-state index in [-0.39, 0.29) is 5.41 Å². The number of sulfone groups is 1. The van der Waals surface area contributed by atoms with E-state index in [9.17, 15) is 21.6 Å². The zero-order valence-electron chi connectivity index (χ0n) is 14.9. The van der Waals surface area contributed by atoms with Gasteiger partial charge in [0, 0.05) is 37.8 Å². The molecule has 1 aliphatic carbocycles. The van der Waals surface area contributed by atoms with Crippen LogP contribution in [0, 0.1) is 16.7 Å². The highest BCUT2D eigenvalue weighted by Crippen LogP contribution is 2.55. The van der Waals surface area contributed by atoms with Gasteiger partial charge in [0.05, 0.1) is 11.5 Å². The van der Waals surface area contributed by atoms with Gasteiger partial charge in [0.2, 0.25) is 0 Å². The predicted molar refractivity (Wildman–Crippen MR) is 92.3 cm³/mol. The fraction of sp³-hybridized carbons (Fsp3) is 0.722. The molecule has 5 nitrogen and oxygen atoms in total. The van der Waals surface area contributed by atoms with Crippen LogP contribution in [0.1, 0.15) is 24.1 Å². The van der Waals surface area contributed by atoms with Crippen LogP contribution >= 0.6 is 0 Å². The molecule has 4 fully saturated rings. The van der Waals surface area contributed by atoms with E-state index in [2.05, 4.69) is 15.0 Å². The van der Waals surface area contributed by atoms with Crippen molar-refractivity contribution in [3.8, 4) is 0 Å². The molecule has 3 saturated heterocycles. The average molecular weight is 401 g/mol. The number of aromatic nitrogens is 1. The molecule has 4 aliphatic rings. The van der Waals surface area contributed by atoms with Gasteiger partial charge in [-0.25, -0.2) is 18.4 Å². The average Bonchev–Trinajstić information content (AvgIpc) is 2.43. The summed E-state index contributed by atoms with van der Waals surface area (Å²) in [5.74, 6) is 1.21. The first-order valence-electron chi connectivity index (χ1n) is 9.28. The lowest BCUT2D eigenvalue weighted by atomic mass is 9.57. The normalized spacial score (nSPS) is 29.0. The minimum absolute atomic E-state index is 0.0271. The molecule has 1 aromatic rings. The third kappa shape index (κ3) is 3.07. The summed E-state index contributed by atoms with van der Waals surface area (Å²) in [6.45, 7) is 3.78. The van der Waals surface area contributed by atoms with Crippen LogP contribution < -0.4 is 0 Å². The van der Waals surface area contributed by atoms with E-state index < -0.39 is 21.7 Å². The molecule has 1 saturated carbocycles. The van der Waals surface area contributed by atoms with Gasteiger partial charge < -0.3 is 0 Å². The molecule has 4 heterocycles. The van der Waals surface area contributed by atoms with E-state index in [1.54, 1.807) is 6.07 Å². The summed E-state index contributed by atoms with van der Waals surface area (Å²) in [6, 6.07) is 2.61. The Kier molecular flexibility index (Phi) is 3.61. The molecule has 0 atom stereocenters. The van der Waals surface area contributed by atoms with Crippen molar-refractivity contribution < 1.29 is 21.6 Å². The Hall–Kier alpha value is -1.19. The molecule has 3 aliphatic heterocycles. The zero-order valence-corrected chi connectivity index (χ0v) is 15.7. The molecule has 148 valence electrons. The third-order valence-electron chi connectivity index (χ3n) is 6.61. The van der Waals surface area contributed by atoms with Crippen LogP contribution in [0.15, 0.2) is 18.3 Å². The fourth-order valence-corrected chi connectivity index (χ4v) is 7.69. The molecule has 0 amide bonds. The van der Waals surface area contributed by atoms with Crippen LogP contribution in [0.25, 0.3) is 0 Å². The molecule has 0 unspecified atom stereocenters. The first kappa shape index (κ1) is 17.9. The van der Waals surface area contributed by atoms with Crippen molar-refractivity contribution >= 4 is 9.84 Å². The van der Waals surface area contributed by atoms with Crippen LogP contribution in [0.2, 0.25) is 0 Å². The van der Waals surface area contributed by atoms with Gasteiger partial charge in [-0.15, -0.1) is 0 Å². The summed E-state index contributed by atoms with van der Waals surface area (Å²) < 4.78 is 60.4. The smallest absolute Gasteiger partial charge is 0.252 e. The van der Waals surface area contributed by atoms with Crippen LogP contribution in [0.4, 0.5) is 13.2 Å². The van der Waals surface area contributed by atoms with Crippen LogP contribution in [-0.4, -0.2) is 61.1 Å². The van der Waals surface area contributed by atoms with Crippen LogP contribution in [0.3, 0.4) is 0 Å². The standard InChI is InChI=1S/C18H22F3N3O2S/c19-18(20,21)15-2-1-13(6-22-15)3-14-4-16(5-14)7-23(8-16)24-9-17(10-24)11-27(25,26)12-17/h1-2,6,14H,3-5,7-12H2. The van der Waals surface area contributed by atoms with E-state index >= 15 is 0 Å². The molecule has 0 radical (unpaired) electrons. The lowest BCUT2D eigenvalue weighted by Gasteiger charge is -2.67. The number of halogens is 3. The lowest BCUT2D eigenvalue weighted by Crippen LogP contribution is -2.77. The predicted octanol–water partition coefficient (Wildman–Crippen LogP) is 2.00. The Balaban J connectivity index is 1.06. The molecule has 9 heteroatoms. The van der Waals surface area contributed by atoms with Crippen LogP contribution in [0.5, 0.6) is 0 Å². The minimum atomic E-state index is -4.38. The summed E-state index contributed by atoms with van der Waals surface area (Å²) in [6.07, 6.45) is -0.0199. The molecule has 0 aromatic carbocycles. The minimum Gasteiger partial charge on any atom is -0.252 e. The van der Waals surface area contributed by atoms with E-state index in [0.29, 0.717) is 22.8 Å². The Bertz CT molecular complexity index is 835. The van der Waals surface area contributed by atoms with Gasteiger partial charge in [-0.1, -0.05) is 6.07 Å².